The van der Waals surface area contributed by atoms with Crippen LogP contribution in [0.1, 0.15) is 18.4 Å². The SMILES string of the molecule is COc1ccc(-c2nnc(N[C@@H]3CCCN(C)C3)c3cnccc23)c(C)c1. The molecule has 1 aromatic carbocycles. The smallest absolute Gasteiger partial charge is 0.158 e. The third-order valence-corrected chi connectivity index (χ3v) is 5.24. The van der Waals surface area contributed by atoms with Crippen LogP contribution in [-0.2, 0) is 0 Å². The van der Waals surface area contributed by atoms with Crippen molar-refractivity contribution in [1.29, 1.82) is 0 Å². The van der Waals surface area contributed by atoms with Crippen molar-refractivity contribution < 1.29 is 4.74 Å². The number of anilines is 1. The summed E-state index contributed by atoms with van der Waals surface area (Å²) >= 11 is 0. The molecule has 27 heavy (non-hydrogen) atoms. The number of methoxy groups -OCH3 is 1. The summed E-state index contributed by atoms with van der Waals surface area (Å²) < 4.78 is 5.33. The summed E-state index contributed by atoms with van der Waals surface area (Å²) in [5.74, 6) is 1.66. The Morgan fingerprint density at radius 1 is 1.19 bits per heavy atom. The van der Waals surface area contributed by atoms with Gasteiger partial charge in [0.1, 0.15) is 11.4 Å². The molecule has 3 aromatic rings. The van der Waals surface area contributed by atoms with Crippen LogP contribution in [0, 0.1) is 6.92 Å². The number of hydrogen-bond donors (Lipinski definition) is 1. The highest BCUT2D eigenvalue weighted by atomic mass is 16.5. The van der Waals surface area contributed by atoms with Crippen LogP contribution in [0.15, 0.2) is 36.7 Å². The molecule has 0 unspecified atom stereocenters. The molecule has 0 amide bonds. The van der Waals surface area contributed by atoms with E-state index in [0.717, 1.165) is 58.7 Å². The first-order valence-corrected chi connectivity index (χ1v) is 9.36. The molecule has 0 radical (unpaired) electrons. The van der Waals surface area contributed by atoms with E-state index in [9.17, 15) is 0 Å². The number of likely N-dealkylation sites (tertiary alicyclic amines) is 1. The number of aromatic nitrogens is 3. The van der Waals surface area contributed by atoms with Crippen LogP contribution >= 0.6 is 0 Å². The van der Waals surface area contributed by atoms with Gasteiger partial charge in [-0.2, -0.15) is 0 Å². The van der Waals surface area contributed by atoms with Crippen molar-refractivity contribution in [2.24, 2.45) is 0 Å². The molecule has 3 heterocycles. The minimum Gasteiger partial charge on any atom is -0.497 e. The molecule has 1 atom stereocenters. The van der Waals surface area contributed by atoms with Gasteiger partial charge in [-0.15, -0.1) is 10.2 Å². The molecule has 4 rings (SSSR count). The monoisotopic (exact) mass is 363 g/mol. The number of ether oxygens (including phenoxy) is 1. The summed E-state index contributed by atoms with van der Waals surface area (Å²) in [6, 6.07) is 8.42. The summed E-state index contributed by atoms with van der Waals surface area (Å²) in [4.78, 5) is 6.68. The van der Waals surface area contributed by atoms with E-state index in [2.05, 4.69) is 39.4 Å². The fourth-order valence-corrected chi connectivity index (χ4v) is 3.81. The Balaban J connectivity index is 1.74. The van der Waals surface area contributed by atoms with Crippen molar-refractivity contribution in [1.82, 2.24) is 20.1 Å². The highest BCUT2D eigenvalue weighted by Crippen LogP contribution is 2.33. The zero-order valence-corrected chi connectivity index (χ0v) is 16.1. The Hall–Kier alpha value is -2.73. The Bertz CT molecular complexity index is 958. The number of fused-ring (bicyclic) bond motifs is 1. The number of pyridine rings is 1. The molecule has 1 N–H and O–H groups in total. The van der Waals surface area contributed by atoms with Crippen molar-refractivity contribution in [2.75, 3.05) is 32.6 Å². The van der Waals surface area contributed by atoms with Gasteiger partial charge < -0.3 is 15.0 Å². The number of aryl methyl sites for hydroxylation is 1. The maximum absolute atomic E-state index is 5.33. The van der Waals surface area contributed by atoms with Crippen molar-refractivity contribution in [3.05, 3.63) is 42.2 Å². The number of nitrogens with zero attached hydrogens (tertiary/aromatic N) is 4. The minimum absolute atomic E-state index is 0.384. The van der Waals surface area contributed by atoms with Crippen LogP contribution < -0.4 is 10.1 Å². The van der Waals surface area contributed by atoms with E-state index in [-0.39, 0.29) is 0 Å². The van der Waals surface area contributed by atoms with Crippen LogP contribution in [0.2, 0.25) is 0 Å². The average molecular weight is 363 g/mol. The van der Waals surface area contributed by atoms with Gasteiger partial charge in [-0.05, 0) is 63.2 Å². The van der Waals surface area contributed by atoms with Crippen molar-refractivity contribution >= 4 is 16.6 Å². The molecule has 1 saturated heterocycles. The molecule has 6 heteroatoms. The summed E-state index contributed by atoms with van der Waals surface area (Å²) in [5.41, 5.74) is 3.04. The van der Waals surface area contributed by atoms with E-state index < -0.39 is 0 Å². The first-order chi connectivity index (χ1) is 13.2. The largest absolute Gasteiger partial charge is 0.497 e. The number of benzene rings is 1. The standard InChI is InChI=1S/C21H25N5O/c1-14-11-16(27-3)6-7-17(14)20-18-8-9-22-12-19(18)21(25-24-20)23-15-5-4-10-26(2)13-15/h6-9,11-12,15H,4-5,10,13H2,1-3H3,(H,23,25)/t15-/m1/s1. The fourth-order valence-electron chi connectivity index (χ4n) is 3.81. The molecule has 1 fully saturated rings. The average Bonchev–Trinajstić information content (AvgIpc) is 2.68. The van der Waals surface area contributed by atoms with Gasteiger partial charge in [0, 0.05) is 41.3 Å². The third-order valence-electron chi connectivity index (χ3n) is 5.24. The quantitative estimate of drug-likeness (QED) is 0.765. The van der Waals surface area contributed by atoms with E-state index in [1.807, 2.05) is 36.7 Å². The number of rotatable bonds is 4. The molecule has 0 bridgehead atoms. The summed E-state index contributed by atoms with van der Waals surface area (Å²) in [6.07, 6.45) is 6.03. The second kappa shape index (κ2) is 7.48. The molecular formula is C21H25N5O. The van der Waals surface area contributed by atoms with Gasteiger partial charge in [0.25, 0.3) is 0 Å². The highest BCUT2D eigenvalue weighted by molar-refractivity contribution is 6.00. The van der Waals surface area contributed by atoms with Crippen LogP contribution in [0.25, 0.3) is 22.0 Å². The number of nitrogens with one attached hydrogen (secondary N) is 1. The Morgan fingerprint density at radius 3 is 2.85 bits per heavy atom. The van der Waals surface area contributed by atoms with Gasteiger partial charge in [-0.3, -0.25) is 4.98 Å². The van der Waals surface area contributed by atoms with Gasteiger partial charge in [0.05, 0.1) is 7.11 Å². The molecule has 1 aliphatic heterocycles. The molecule has 0 saturated carbocycles. The topological polar surface area (TPSA) is 63.2 Å². The number of likely N-dealkylation sites (N-methyl/N-ethyl adjacent to an activating group) is 1. The maximum atomic E-state index is 5.33. The van der Waals surface area contributed by atoms with Gasteiger partial charge in [0.15, 0.2) is 5.82 Å². The zero-order valence-electron chi connectivity index (χ0n) is 16.1. The lowest BCUT2D eigenvalue weighted by molar-refractivity contribution is 0.261. The molecule has 0 spiro atoms. The molecule has 6 nitrogen and oxygen atoms in total. The summed E-state index contributed by atoms with van der Waals surface area (Å²) in [6.45, 7) is 4.24. The fraction of sp³-hybridized carbons (Fsp3) is 0.381. The van der Waals surface area contributed by atoms with E-state index in [1.165, 1.54) is 6.42 Å². The molecule has 140 valence electrons. The van der Waals surface area contributed by atoms with Gasteiger partial charge >= 0.3 is 0 Å². The zero-order chi connectivity index (χ0) is 18.8. The second-order valence-corrected chi connectivity index (χ2v) is 7.25. The van der Waals surface area contributed by atoms with Crippen molar-refractivity contribution in [3.8, 4) is 17.0 Å². The predicted molar refractivity (Wildman–Crippen MR) is 108 cm³/mol. The normalized spacial score (nSPS) is 17.8. The first-order valence-electron chi connectivity index (χ1n) is 9.36. The third kappa shape index (κ3) is 3.57. The molecule has 0 aliphatic carbocycles. The molecule has 2 aromatic heterocycles. The lowest BCUT2D eigenvalue weighted by Gasteiger charge is -2.30. The molecular weight excluding hydrogens is 338 g/mol. The van der Waals surface area contributed by atoms with Gasteiger partial charge in [-0.1, -0.05) is 0 Å². The Morgan fingerprint density at radius 2 is 2.07 bits per heavy atom. The second-order valence-electron chi connectivity index (χ2n) is 7.25. The summed E-state index contributed by atoms with van der Waals surface area (Å²) in [7, 11) is 3.84. The number of hydrogen-bond acceptors (Lipinski definition) is 6. The first kappa shape index (κ1) is 17.7. The van der Waals surface area contributed by atoms with Crippen LogP contribution in [0.5, 0.6) is 5.75 Å². The highest BCUT2D eigenvalue weighted by Gasteiger charge is 2.20. The number of piperidine rings is 1. The van der Waals surface area contributed by atoms with Crippen LogP contribution in [-0.4, -0.2) is 53.4 Å². The van der Waals surface area contributed by atoms with E-state index in [1.54, 1.807) is 7.11 Å². The Kier molecular flexibility index (Phi) is 4.90. The molecule has 1 aliphatic rings. The lowest BCUT2D eigenvalue weighted by atomic mass is 10.0. The van der Waals surface area contributed by atoms with Crippen LogP contribution in [0.3, 0.4) is 0 Å². The van der Waals surface area contributed by atoms with E-state index in [0.29, 0.717) is 6.04 Å². The van der Waals surface area contributed by atoms with Gasteiger partial charge in [-0.25, -0.2) is 0 Å². The van der Waals surface area contributed by atoms with Gasteiger partial charge in [0.2, 0.25) is 0 Å². The Labute approximate surface area is 159 Å². The van der Waals surface area contributed by atoms with Crippen molar-refractivity contribution in [3.63, 3.8) is 0 Å². The maximum Gasteiger partial charge on any atom is 0.158 e. The lowest BCUT2D eigenvalue weighted by Crippen LogP contribution is -2.40. The van der Waals surface area contributed by atoms with E-state index >= 15 is 0 Å². The predicted octanol–water partition coefficient (Wildman–Crippen LogP) is 3.51. The van der Waals surface area contributed by atoms with Crippen LogP contribution in [0.4, 0.5) is 5.82 Å². The van der Waals surface area contributed by atoms with E-state index in [4.69, 9.17) is 4.74 Å². The summed E-state index contributed by atoms with van der Waals surface area (Å²) in [5, 5.41) is 14.8. The van der Waals surface area contributed by atoms with Crippen molar-refractivity contribution in [2.45, 2.75) is 25.8 Å². The minimum atomic E-state index is 0.384.